The summed E-state index contributed by atoms with van der Waals surface area (Å²) in [7, 11) is 2.51. The Morgan fingerprint density at radius 1 is 0.344 bits per heavy atom. The van der Waals surface area contributed by atoms with E-state index < -0.39 is 242 Å². The van der Waals surface area contributed by atoms with Gasteiger partial charge in [-0.1, -0.05) is 24.3 Å². The lowest BCUT2D eigenvalue weighted by atomic mass is 9.96. The maximum atomic E-state index is 13.0. The third-order valence-corrected chi connectivity index (χ3v) is 16.3. The standard InChI is InChI=1S/C57H80O36/c1-80-26-11-20(5-9-24(26)82-54-44(76)48(36(68)30(16-60)86-54)92-56-46(78)50(38(70)32(18-62)88-56)90-52-42(74)40(72)34(66)28(14-58)84-52)3-7-22(64)13-23(65)8-4-21-6-10-25(27(12-21)81-2)83-55-45(77)49(37(69)31(17-61)87-55)93-57-47(79)51(39(71)33(19-63)89-57)91-53-43(75)41(73)35(67)29(15-59)85-53/h3-12,28-63,66-79H,13-19H2,1-2H3/b7-3+,8-4+/t28-,29-,30-,31-,32-,33-,34-,35-,36-,37-,38-,39-,40+,41+,42-,43-,44-,45-,46-,47-,48+,49+,50+,51+,52+,53+,54-,55-,56+,57+/m1/s1. The zero-order chi connectivity index (χ0) is 67.9. The largest absolute Gasteiger partial charge is 0.493 e. The number of rotatable bonds is 26. The number of ether oxygens (including phenoxy) is 14. The number of aliphatic hydroxyl groups excluding tert-OH is 20. The van der Waals surface area contributed by atoms with Crippen molar-refractivity contribution in [3.8, 4) is 23.0 Å². The molecule has 0 unspecified atom stereocenters. The molecule has 6 saturated heterocycles. The number of benzene rings is 2. The number of hydrogen-bond donors (Lipinski definition) is 20. The number of allylic oxidation sites excluding steroid dienone is 2. The molecule has 2 aromatic carbocycles. The highest BCUT2D eigenvalue weighted by molar-refractivity contribution is 6.10. The van der Waals surface area contributed by atoms with Gasteiger partial charge in [0.2, 0.25) is 12.6 Å². The van der Waals surface area contributed by atoms with Gasteiger partial charge < -0.3 is 168 Å². The van der Waals surface area contributed by atoms with Crippen LogP contribution in [0.15, 0.2) is 48.6 Å². The number of hydrogen-bond acceptors (Lipinski definition) is 36. The fraction of sp³-hybridized carbons (Fsp3) is 0.684. The molecule has 0 saturated carbocycles. The van der Waals surface area contributed by atoms with Gasteiger partial charge in [-0.15, -0.1) is 0 Å². The number of carbonyl (C=O) groups excluding carboxylic acids is 2. The number of ketones is 2. The summed E-state index contributed by atoms with van der Waals surface area (Å²) in [5, 5.41) is 212. The minimum Gasteiger partial charge on any atom is -0.493 e. The minimum atomic E-state index is -2.07. The Balaban J connectivity index is 0.862. The van der Waals surface area contributed by atoms with Gasteiger partial charge in [0, 0.05) is 0 Å². The summed E-state index contributed by atoms with van der Waals surface area (Å²) >= 11 is 0. The van der Waals surface area contributed by atoms with Crippen LogP contribution in [-0.2, 0) is 57.0 Å². The summed E-state index contributed by atoms with van der Waals surface area (Å²) in [5.41, 5.74) is 0.680. The fourth-order valence-corrected chi connectivity index (χ4v) is 10.9. The molecule has 0 aliphatic carbocycles. The van der Waals surface area contributed by atoms with Crippen LogP contribution in [0.4, 0.5) is 0 Å². The predicted octanol–water partition coefficient (Wildman–Crippen LogP) is -10.4. The maximum Gasteiger partial charge on any atom is 0.229 e. The fourth-order valence-electron chi connectivity index (χ4n) is 10.9. The lowest BCUT2D eigenvalue weighted by molar-refractivity contribution is -0.378. The quantitative estimate of drug-likeness (QED) is 0.0307. The van der Waals surface area contributed by atoms with Gasteiger partial charge in [-0.05, 0) is 47.5 Å². The molecule has 93 heavy (non-hydrogen) atoms. The molecule has 6 aliphatic heterocycles. The molecule has 0 amide bonds. The molecule has 6 aliphatic rings. The average Bonchev–Trinajstić information content (AvgIpc) is 0.851. The Hall–Kier alpha value is -4.74. The van der Waals surface area contributed by atoms with Crippen molar-refractivity contribution in [3.63, 3.8) is 0 Å². The first kappa shape index (κ1) is 74.1. The van der Waals surface area contributed by atoms with E-state index in [1.807, 2.05) is 0 Å². The molecule has 0 bridgehead atoms. The molecule has 524 valence electrons. The van der Waals surface area contributed by atoms with Crippen LogP contribution in [0, 0.1) is 0 Å². The Kier molecular flexibility index (Phi) is 26.3. The first-order chi connectivity index (χ1) is 44.3. The van der Waals surface area contributed by atoms with E-state index >= 15 is 0 Å². The Labute approximate surface area is 527 Å². The van der Waals surface area contributed by atoms with Crippen molar-refractivity contribution in [2.45, 2.75) is 191 Å². The van der Waals surface area contributed by atoms with Crippen molar-refractivity contribution < 1.29 is 178 Å². The van der Waals surface area contributed by atoms with Crippen LogP contribution in [-0.4, -0.2) is 352 Å². The number of aliphatic hydroxyl groups is 20. The number of carbonyl (C=O) groups is 2. The SMILES string of the molecule is COc1cc(/C=C/C(=O)CC(=O)/C=C/c2ccc(O[C@@H]3O[C@H](CO)[C@@H](O)[C@H](O[C@@H]4O[C@H](CO)[C@@H](O)[C@H](O[C@@H]5O[C@H](CO)[C@@H](O)[C@H](O)[C@H]5O)[C@H]4O)[C@H]3O)c(OC)c2)ccc1O[C@@H]1O[C@H](CO)[C@@H](O)[C@H](O[C@@H]2O[C@H](CO)[C@@H](O)[C@H](O[C@@H]3O[C@H](CO)[C@@H](O)[C@H](O)[C@H]3O)[C@H]2O)[C@H]1O. The van der Waals surface area contributed by atoms with E-state index in [1.165, 1.54) is 62.8 Å². The van der Waals surface area contributed by atoms with E-state index in [-0.39, 0.29) is 23.0 Å². The van der Waals surface area contributed by atoms with Crippen molar-refractivity contribution in [2.24, 2.45) is 0 Å². The normalized spacial score (nSPS) is 41.7. The second-order valence-corrected chi connectivity index (χ2v) is 22.5. The Morgan fingerprint density at radius 3 is 0.882 bits per heavy atom. The molecule has 8 rings (SSSR count). The molecule has 2 aromatic rings. The average molecular weight is 1340 g/mol. The highest BCUT2D eigenvalue weighted by atomic mass is 16.8. The zero-order valence-corrected chi connectivity index (χ0v) is 49.5. The molecule has 0 radical (unpaired) electrons. The summed E-state index contributed by atoms with van der Waals surface area (Å²) in [6, 6.07) is 8.37. The van der Waals surface area contributed by atoms with E-state index in [1.54, 1.807) is 0 Å². The van der Waals surface area contributed by atoms with Crippen LogP contribution in [0.1, 0.15) is 17.5 Å². The summed E-state index contributed by atoms with van der Waals surface area (Å²) < 4.78 is 78.7. The van der Waals surface area contributed by atoms with Crippen LogP contribution in [0.5, 0.6) is 23.0 Å². The van der Waals surface area contributed by atoms with Gasteiger partial charge in [-0.2, -0.15) is 0 Å². The highest BCUT2D eigenvalue weighted by Crippen LogP contribution is 2.39. The summed E-state index contributed by atoms with van der Waals surface area (Å²) in [4.78, 5) is 26.1. The number of methoxy groups -OCH3 is 2. The second kappa shape index (κ2) is 33.0. The van der Waals surface area contributed by atoms with Crippen molar-refractivity contribution in [1.29, 1.82) is 0 Å². The van der Waals surface area contributed by atoms with Crippen molar-refractivity contribution in [3.05, 3.63) is 59.7 Å². The van der Waals surface area contributed by atoms with E-state index in [4.69, 9.17) is 66.3 Å². The van der Waals surface area contributed by atoms with Crippen LogP contribution in [0.2, 0.25) is 0 Å². The van der Waals surface area contributed by atoms with Gasteiger partial charge in [-0.25, -0.2) is 0 Å². The molecular weight excluding hydrogens is 1260 g/mol. The molecule has 36 nitrogen and oxygen atoms in total. The van der Waals surface area contributed by atoms with Crippen molar-refractivity contribution in [2.75, 3.05) is 53.9 Å². The second-order valence-electron chi connectivity index (χ2n) is 22.5. The van der Waals surface area contributed by atoms with E-state index in [2.05, 4.69) is 0 Å². The topological polar surface area (TPSA) is 568 Å². The summed E-state index contributed by atoms with van der Waals surface area (Å²) in [6.45, 7) is -5.27. The molecule has 6 heterocycles. The molecule has 6 fully saturated rings. The maximum absolute atomic E-state index is 13.0. The van der Waals surface area contributed by atoms with Crippen molar-refractivity contribution in [1.82, 2.24) is 0 Å². The third-order valence-electron chi connectivity index (χ3n) is 16.3. The van der Waals surface area contributed by atoms with Gasteiger partial charge in [0.25, 0.3) is 0 Å². The van der Waals surface area contributed by atoms with Crippen LogP contribution < -0.4 is 18.9 Å². The smallest absolute Gasteiger partial charge is 0.229 e. The monoisotopic (exact) mass is 1340 g/mol. The lowest BCUT2D eigenvalue weighted by Crippen LogP contribution is -2.67. The van der Waals surface area contributed by atoms with Crippen LogP contribution >= 0.6 is 0 Å². The molecule has 36 heteroatoms. The minimum absolute atomic E-state index is 0.00492. The van der Waals surface area contributed by atoms with E-state index in [0.717, 1.165) is 12.2 Å². The van der Waals surface area contributed by atoms with Crippen molar-refractivity contribution >= 4 is 23.7 Å². The van der Waals surface area contributed by atoms with Crippen LogP contribution in [0.3, 0.4) is 0 Å². The van der Waals surface area contributed by atoms with Crippen LogP contribution in [0.25, 0.3) is 12.2 Å². The molecule has 0 spiro atoms. The van der Waals surface area contributed by atoms with E-state index in [0.29, 0.717) is 11.1 Å². The molecular formula is C57H80O36. The highest BCUT2D eigenvalue weighted by Gasteiger charge is 2.57. The van der Waals surface area contributed by atoms with Gasteiger partial charge in [0.05, 0.1) is 60.3 Å². The third kappa shape index (κ3) is 16.6. The summed E-state index contributed by atoms with van der Waals surface area (Å²) in [5.74, 6) is -1.48. The first-order valence-corrected chi connectivity index (χ1v) is 29.2. The predicted molar refractivity (Wildman–Crippen MR) is 298 cm³/mol. The van der Waals surface area contributed by atoms with Gasteiger partial charge in [0.15, 0.2) is 59.7 Å². The zero-order valence-electron chi connectivity index (χ0n) is 49.5. The lowest BCUT2D eigenvalue weighted by Gasteiger charge is -2.48. The molecule has 20 N–H and O–H groups in total. The van der Waals surface area contributed by atoms with Gasteiger partial charge >= 0.3 is 0 Å². The first-order valence-electron chi connectivity index (χ1n) is 29.2. The van der Waals surface area contributed by atoms with Gasteiger partial charge in [0.1, 0.15) is 146 Å². The van der Waals surface area contributed by atoms with Gasteiger partial charge in [-0.3, -0.25) is 9.59 Å². The Bertz CT molecular complexity index is 2590. The summed E-state index contributed by atoms with van der Waals surface area (Å²) in [6.07, 6.45) is -50.3. The van der Waals surface area contributed by atoms with E-state index in [9.17, 15) is 112 Å². The Morgan fingerprint density at radius 2 is 0.602 bits per heavy atom. The molecule has 0 aromatic heterocycles. The molecule has 30 atom stereocenters.